The van der Waals surface area contributed by atoms with E-state index in [9.17, 15) is 9.59 Å². The van der Waals surface area contributed by atoms with E-state index in [1.165, 1.54) is 7.11 Å². The molecule has 2 aliphatic carbocycles. The normalized spacial score (nSPS) is 49.6. The molecule has 3 rings (SSSR count). The van der Waals surface area contributed by atoms with Crippen LogP contribution in [0.2, 0.25) is 0 Å². The van der Waals surface area contributed by atoms with Gasteiger partial charge in [-0.1, -0.05) is 0 Å². The molecule has 0 N–H and O–H groups in total. The molecule has 4 nitrogen and oxygen atoms in total. The first kappa shape index (κ1) is 7.50. The topological polar surface area (TPSA) is 55.9 Å². The number of epoxide rings is 1. The third kappa shape index (κ3) is 0.839. The Morgan fingerprint density at radius 1 is 1.62 bits per heavy atom. The molecule has 70 valence electrons. The first-order chi connectivity index (χ1) is 6.24. The highest BCUT2D eigenvalue weighted by molar-refractivity contribution is 5.95. The molecule has 0 spiro atoms. The minimum absolute atomic E-state index is 0.108. The smallest absolute Gasteiger partial charge is 0.305 e. The Morgan fingerprint density at radius 2 is 2.38 bits per heavy atom. The van der Waals surface area contributed by atoms with Crippen molar-refractivity contribution in [1.82, 2.24) is 0 Å². The molecular weight excluding hydrogens is 172 g/mol. The van der Waals surface area contributed by atoms with Crippen LogP contribution in [0.5, 0.6) is 0 Å². The van der Waals surface area contributed by atoms with E-state index in [0.29, 0.717) is 12.3 Å². The molecule has 2 saturated carbocycles. The van der Waals surface area contributed by atoms with Gasteiger partial charge in [-0.15, -0.1) is 0 Å². The summed E-state index contributed by atoms with van der Waals surface area (Å²) in [7, 11) is 1.37. The lowest BCUT2D eigenvalue weighted by Crippen LogP contribution is -2.12. The Hall–Kier alpha value is -0.900. The van der Waals surface area contributed by atoms with E-state index in [0.717, 1.165) is 0 Å². The lowest BCUT2D eigenvalue weighted by Gasteiger charge is -1.98. The van der Waals surface area contributed by atoms with Crippen molar-refractivity contribution in [1.29, 1.82) is 0 Å². The lowest BCUT2D eigenvalue weighted by atomic mass is 10.1. The van der Waals surface area contributed by atoms with Crippen molar-refractivity contribution in [3.8, 4) is 0 Å². The summed E-state index contributed by atoms with van der Waals surface area (Å²) in [5.74, 6) is 0.649. The van der Waals surface area contributed by atoms with Gasteiger partial charge in [0.25, 0.3) is 0 Å². The Balaban J connectivity index is 1.66. The van der Waals surface area contributed by atoms with Gasteiger partial charge in [0.05, 0.1) is 13.2 Å². The second-order valence-corrected chi connectivity index (χ2v) is 3.97. The SMILES string of the molecule is COC(=O)C[C@@H]1[C@H]2C(=O)[C@@H]3O[C@@H]3[C@@H]12. The van der Waals surface area contributed by atoms with E-state index < -0.39 is 0 Å². The molecule has 0 radical (unpaired) electrons. The van der Waals surface area contributed by atoms with Crippen LogP contribution in [0, 0.1) is 17.8 Å². The van der Waals surface area contributed by atoms with E-state index in [1.807, 2.05) is 0 Å². The monoisotopic (exact) mass is 182 g/mol. The predicted molar refractivity (Wildman–Crippen MR) is 40.8 cm³/mol. The number of Topliss-reactive ketones (excluding diaryl/α,β-unsaturated/α-hetero) is 1. The van der Waals surface area contributed by atoms with Crippen LogP contribution in [0.15, 0.2) is 0 Å². The molecule has 0 aromatic carbocycles. The highest BCUT2D eigenvalue weighted by Gasteiger charge is 2.75. The second kappa shape index (κ2) is 2.12. The third-order valence-corrected chi connectivity index (χ3v) is 3.37. The minimum Gasteiger partial charge on any atom is -0.469 e. The van der Waals surface area contributed by atoms with Gasteiger partial charge in [0.1, 0.15) is 6.10 Å². The maximum atomic E-state index is 11.4. The zero-order valence-corrected chi connectivity index (χ0v) is 7.23. The molecule has 1 heterocycles. The highest BCUT2D eigenvalue weighted by atomic mass is 16.6. The molecule has 0 amide bonds. The van der Waals surface area contributed by atoms with Gasteiger partial charge >= 0.3 is 5.97 Å². The molecule has 0 unspecified atom stereocenters. The predicted octanol–water partition coefficient (Wildman–Crippen LogP) is -0.238. The Bertz CT molecular complexity index is 298. The third-order valence-electron chi connectivity index (χ3n) is 3.37. The summed E-state index contributed by atoms with van der Waals surface area (Å²) in [5, 5.41) is 0. The first-order valence-corrected chi connectivity index (χ1v) is 4.50. The van der Waals surface area contributed by atoms with Crippen LogP contribution in [-0.4, -0.2) is 31.1 Å². The van der Waals surface area contributed by atoms with Crippen LogP contribution >= 0.6 is 0 Å². The van der Waals surface area contributed by atoms with Crippen LogP contribution in [0.3, 0.4) is 0 Å². The Labute approximate surface area is 75.2 Å². The number of ketones is 1. The summed E-state index contributed by atoms with van der Waals surface area (Å²) in [5.41, 5.74) is 0. The quantitative estimate of drug-likeness (QED) is 0.437. The van der Waals surface area contributed by atoms with Gasteiger partial charge in [-0.25, -0.2) is 0 Å². The maximum absolute atomic E-state index is 11.4. The first-order valence-electron chi connectivity index (χ1n) is 4.50. The molecule has 5 atom stereocenters. The van der Waals surface area contributed by atoms with Crippen LogP contribution in [0.25, 0.3) is 0 Å². The van der Waals surface area contributed by atoms with Gasteiger partial charge in [-0.05, 0) is 5.92 Å². The van der Waals surface area contributed by atoms with Crippen LogP contribution < -0.4 is 0 Å². The number of carbonyl (C=O) groups is 2. The number of ether oxygens (including phenoxy) is 2. The van der Waals surface area contributed by atoms with Crippen molar-refractivity contribution in [2.45, 2.75) is 18.6 Å². The van der Waals surface area contributed by atoms with Crippen molar-refractivity contribution in [3.05, 3.63) is 0 Å². The largest absolute Gasteiger partial charge is 0.469 e. The molecule has 0 aromatic rings. The number of carbonyl (C=O) groups excluding carboxylic acids is 2. The van der Waals surface area contributed by atoms with Crippen LogP contribution in [0.4, 0.5) is 0 Å². The molecule has 0 bridgehead atoms. The summed E-state index contributed by atoms with van der Waals surface area (Å²) in [4.78, 5) is 22.3. The molecule has 1 saturated heterocycles. The fourth-order valence-corrected chi connectivity index (χ4v) is 2.62. The molecule has 3 fully saturated rings. The van der Waals surface area contributed by atoms with Crippen molar-refractivity contribution in [2.75, 3.05) is 7.11 Å². The van der Waals surface area contributed by atoms with E-state index in [-0.39, 0.29) is 35.8 Å². The Kier molecular flexibility index (Phi) is 1.22. The Morgan fingerprint density at radius 3 is 2.92 bits per heavy atom. The second-order valence-electron chi connectivity index (χ2n) is 3.97. The van der Waals surface area contributed by atoms with Gasteiger partial charge in [0, 0.05) is 18.3 Å². The van der Waals surface area contributed by atoms with E-state index in [4.69, 9.17) is 4.74 Å². The zero-order valence-electron chi connectivity index (χ0n) is 7.23. The number of rotatable bonds is 2. The van der Waals surface area contributed by atoms with Gasteiger partial charge in [-0.3, -0.25) is 9.59 Å². The van der Waals surface area contributed by atoms with Gasteiger partial charge < -0.3 is 9.47 Å². The fourth-order valence-electron chi connectivity index (χ4n) is 2.62. The van der Waals surface area contributed by atoms with Crippen molar-refractivity contribution in [3.63, 3.8) is 0 Å². The summed E-state index contributed by atoms with van der Waals surface area (Å²) < 4.78 is 9.72. The summed E-state index contributed by atoms with van der Waals surface area (Å²) in [6.07, 6.45) is 0.417. The lowest BCUT2D eigenvalue weighted by molar-refractivity contribution is -0.141. The van der Waals surface area contributed by atoms with Crippen LogP contribution in [0.1, 0.15) is 6.42 Å². The van der Waals surface area contributed by atoms with E-state index in [1.54, 1.807) is 0 Å². The summed E-state index contributed by atoms with van der Waals surface area (Å²) >= 11 is 0. The number of hydrogen-bond donors (Lipinski definition) is 0. The number of esters is 1. The number of methoxy groups -OCH3 is 1. The van der Waals surface area contributed by atoms with Crippen molar-refractivity contribution < 1.29 is 19.1 Å². The van der Waals surface area contributed by atoms with Gasteiger partial charge in [0.2, 0.25) is 0 Å². The average Bonchev–Trinajstić information content (AvgIpc) is 2.94. The number of fused-ring (bicyclic) bond motifs is 3. The van der Waals surface area contributed by atoms with Gasteiger partial charge in [-0.2, -0.15) is 0 Å². The molecule has 0 aromatic heterocycles. The molecule has 3 aliphatic rings. The average molecular weight is 182 g/mol. The summed E-state index contributed by atoms with van der Waals surface area (Å²) in [6.45, 7) is 0. The molecule has 4 heteroatoms. The summed E-state index contributed by atoms with van der Waals surface area (Å²) in [6, 6.07) is 0. The molecule has 13 heavy (non-hydrogen) atoms. The fraction of sp³-hybridized carbons (Fsp3) is 0.778. The van der Waals surface area contributed by atoms with E-state index in [2.05, 4.69) is 4.74 Å². The van der Waals surface area contributed by atoms with Crippen LogP contribution in [-0.2, 0) is 19.1 Å². The highest BCUT2D eigenvalue weighted by Crippen LogP contribution is 2.64. The minimum atomic E-state index is -0.218. The van der Waals surface area contributed by atoms with Gasteiger partial charge in [0.15, 0.2) is 5.78 Å². The maximum Gasteiger partial charge on any atom is 0.305 e. The molecule has 1 aliphatic heterocycles. The number of hydrogen-bond acceptors (Lipinski definition) is 4. The van der Waals surface area contributed by atoms with Crippen molar-refractivity contribution >= 4 is 11.8 Å². The zero-order chi connectivity index (χ0) is 9.16. The standard InChI is InChI=1S/C9H10O4/c1-12-4(10)2-3-5-6(3)8-9(13-8)7(5)11/h3,5-6,8-9H,2H2,1H3/t3-,5-,6+,8-,9+/m1/s1. The van der Waals surface area contributed by atoms with Crippen molar-refractivity contribution in [2.24, 2.45) is 17.8 Å². The molecular formula is C9H10O4. The van der Waals surface area contributed by atoms with E-state index >= 15 is 0 Å².